The van der Waals surface area contributed by atoms with Crippen molar-refractivity contribution < 1.29 is 33.3 Å². The van der Waals surface area contributed by atoms with Crippen molar-refractivity contribution in [2.75, 3.05) is 17.7 Å². The zero-order chi connectivity index (χ0) is 22.6. The highest BCUT2D eigenvalue weighted by molar-refractivity contribution is 5.68. The molecular formula is C16H21N5O9. The van der Waals surface area contributed by atoms with E-state index < -0.39 is 53.7 Å². The Morgan fingerprint density at radius 2 is 1.70 bits per heavy atom. The van der Waals surface area contributed by atoms with Crippen LogP contribution in [0.3, 0.4) is 0 Å². The van der Waals surface area contributed by atoms with E-state index >= 15 is 0 Å². The number of hydrogen-bond acceptors (Lipinski definition) is 13. The smallest absolute Gasteiger partial charge is 0.303 e. The number of nitrogen functional groups attached to an aromatic ring is 1. The molecule has 1 aromatic rings. The summed E-state index contributed by atoms with van der Waals surface area (Å²) in [7, 11) is 1.29. The minimum atomic E-state index is -1.34. The summed E-state index contributed by atoms with van der Waals surface area (Å²) in [6, 6.07) is 0. The molecule has 164 valence electrons. The molecule has 0 bridgehead atoms. The number of carbonyl (C=O) groups is 3. The van der Waals surface area contributed by atoms with Gasteiger partial charge in [0.15, 0.2) is 30.4 Å². The Balaban J connectivity index is 2.44. The van der Waals surface area contributed by atoms with E-state index in [-0.39, 0.29) is 18.4 Å². The summed E-state index contributed by atoms with van der Waals surface area (Å²) in [6.07, 6.45) is -4.93. The predicted molar refractivity (Wildman–Crippen MR) is 99.4 cm³/mol. The highest BCUT2D eigenvalue weighted by Crippen LogP contribution is 2.27. The average molecular weight is 427 g/mol. The molecule has 1 saturated heterocycles. The lowest BCUT2D eigenvalue weighted by Gasteiger charge is -2.40. The van der Waals surface area contributed by atoms with Crippen LogP contribution >= 0.6 is 0 Å². The van der Waals surface area contributed by atoms with Crippen molar-refractivity contribution >= 4 is 35.4 Å². The quantitative estimate of drug-likeness (QED) is 0.331. The molecule has 0 unspecified atom stereocenters. The van der Waals surface area contributed by atoms with Gasteiger partial charge in [0, 0.05) is 27.8 Å². The number of carbonyl (C=O) groups excluding carboxylic acids is 3. The summed E-state index contributed by atoms with van der Waals surface area (Å²) in [6.45, 7) is 3.09. The van der Waals surface area contributed by atoms with E-state index in [0.29, 0.717) is 0 Å². The molecule has 0 amide bonds. The molecule has 2 rings (SSSR count). The van der Waals surface area contributed by atoms with Crippen LogP contribution in [0.2, 0.25) is 0 Å². The minimum Gasteiger partial charge on any atom is -0.456 e. The maximum absolute atomic E-state index is 12.2. The van der Waals surface area contributed by atoms with Gasteiger partial charge in [-0.15, -0.1) is 4.91 Å². The number of rotatable bonds is 6. The van der Waals surface area contributed by atoms with Gasteiger partial charge in [0.25, 0.3) is 5.56 Å². The molecule has 30 heavy (non-hydrogen) atoms. The molecule has 4 atom stereocenters. The van der Waals surface area contributed by atoms with Gasteiger partial charge in [-0.1, -0.05) is 0 Å². The number of nitrogens with zero attached hydrogens (tertiary/aromatic N) is 3. The zero-order valence-corrected chi connectivity index (χ0v) is 16.6. The highest BCUT2D eigenvalue weighted by Gasteiger charge is 2.47. The van der Waals surface area contributed by atoms with Crippen molar-refractivity contribution in [3.63, 3.8) is 0 Å². The first-order valence-electron chi connectivity index (χ1n) is 8.64. The lowest BCUT2D eigenvalue weighted by molar-refractivity contribution is -0.221. The molecule has 14 heteroatoms. The lowest BCUT2D eigenvalue weighted by atomic mass is 10.0. The molecular weight excluding hydrogens is 406 g/mol. The van der Waals surface area contributed by atoms with E-state index in [1.807, 2.05) is 0 Å². The second-order valence-corrected chi connectivity index (χ2v) is 6.32. The minimum absolute atomic E-state index is 0.232. The van der Waals surface area contributed by atoms with Crippen molar-refractivity contribution in [2.24, 2.45) is 12.2 Å². The van der Waals surface area contributed by atoms with Crippen molar-refractivity contribution in [1.29, 1.82) is 0 Å². The van der Waals surface area contributed by atoms with Gasteiger partial charge in [-0.3, -0.25) is 23.7 Å². The number of esters is 3. The molecule has 14 nitrogen and oxygen atoms in total. The highest BCUT2D eigenvalue weighted by atomic mass is 16.6. The van der Waals surface area contributed by atoms with Crippen LogP contribution in [0.5, 0.6) is 0 Å². The van der Waals surface area contributed by atoms with E-state index in [0.717, 1.165) is 25.3 Å². The summed E-state index contributed by atoms with van der Waals surface area (Å²) in [5.74, 6) is -2.74. The largest absolute Gasteiger partial charge is 0.456 e. The maximum Gasteiger partial charge on any atom is 0.303 e. The van der Waals surface area contributed by atoms with Gasteiger partial charge in [-0.05, 0) is 5.18 Å². The second kappa shape index (κ2) is 9.30. The van der Waals surface area contributed by atoms with Crippen LogP contribution in [0.25, 0.3) is 0 Å². The van der Waals surface area contributed by atoms with Crippen molar-refractivity contribution in [1.82, 2.24) is 9.55 Å². The molecule has 0 aromatic carbocycles. The van der Waals surface area contributed by atoms with Crippen molar-refractivity contribution in [2.45, 2.75) is 45.3 Å². The second-order valence-electron chi connectivity index (χ2n) is 6.32. The number of aromatic nitrogens is 2. The van der Waals surface area contributed by atoms with E-state index in [2.05, 4.69) is 15.5 Å². The van der Waals surface area contributed by atoms with Crippen molar-refractivity contribution in [3.8, 4) is 0 Å². The summed E-state index contributed by atoms with van der Waals surface area (Å²) in [5, 5.41) is 5.28. The molecule has 1 aliphatic heterocycles. The fraction of sp³-hybridized carbons (Fsp3) is 0.562. The van der Waals surface area contributed by atoms with Gasteiger partial charge in [0.2, 0.25) is 11.6 Å². The fourth-order valence-electron chi connectivity index (χ4n) is 2.79. The molecule has 2 heterocycles. The third-order valence-corrected chi connectivity index (χ3v) is 4.02. The normalized spacial score (nSPS) is 23.2. The molecule has 1 aromatic heterocycles. The first-order valence-corrected chi connectivity index (χ1v) is 8.64. The number of anilines is 2. The number of nitrogens with one attached hydrogen (secondary N) is 1. The van der Waals surface area contributed by atoms with Crippen LogP contribution in [0.4, 0.5) is 17.5 Å². The van der Waals surface area contributed by atoms with Crippen LogP contribution in [0.1, 0.15) is 20.8 Å². The molecule has 1 aliphatic rings. The Bertz CT molecular complexity index is 915. The number of ether oxygens (including phenoxy) is 4. The van der Waals surface area contributed by atoms with Gasteiger partial charge in [-0.2, -0.15) is 4.98 Å². The van der Waals surface area contributed by atoms with Gasteiger partial charge in [0.05, 0.1) is 6.61 Å². The average Bonchev–Trinajstić information content (AvgIpc) is 2.63. The van der Waals surface area contributed by atoms with E-state index in [1.54, 1.807) is 0 Å². The maximum atomic E-state index is 12.2. The van der Waals surface area contributed by atoms with Crippen LogP contribution < -0.4 is 16.6 Å². The van der Waals surface area contributed by atoms with E-state index in [1.165, 1.54) is 7.05 Å². The van der Waals surface area contributed by atoms with Gasteiger partial charge in [-0.25, -0.2) is 0 Å². The molecule has 0 spiro atoms. The predicted octanol–water partition coefficient (Wildman–Crippen LogP) is -0.676. The molecule has 0 saturated carbocycles. The topological polar surface area (TPSA) is 190 Å². The lowest BCUT2D eigenvalue weighted by Crippen LogP contribution is -2.59. The Kier molecular flexibility index (Phi) is 7.05. The summed E-state index contributed by atoms with van der Waals surface area (Å²) in [5.41, 5.74) is 4.23. The summed E-state index contributed by atoms with van der Waals surface area (Å²) in [4.78, 5) is 61.8. The Hall–Kier alpha value is -3.55. The van der Waals surface area contributed by atoms with Gasteiger partial charge >= 0.3 is 17.9 Å². The van der Waals surface area contributed by atoms with Crippen molar-refractivity contribution in [3.05, 3.63) is 15.3 Å². The summed E-state index contributed by atoms with van der Waals surface area (Å²) < 4.78 is 22.0. The number of nitroso groups, excluding NO2 is 1. The van der Waals surface area contributed by atoms with E-state index in [9.17, 15) is 24.1 Å². The van der Waals surface area contributed by atoms with Gasteiger partial charge < -0.3 is 30.0 Å². The zero-order valence-electron chi connectivity index (χ0n) is 16.6. The number of hydrogen-bond donors (Lipinski definition) is 2. The molecule has 3 N–H and O–H groups in total. The van der Waals surface area contributed by atoms with E-state index in [4.69, 9.17) is 24.7 Å². The fourth-order valence-corrected chi connectivity index (χ4v) is 2.79. The monoisotopic (exact) mass is 427 g/mol. The van der Waals surface area contributed by atoms with Crippen LogP contribution in [0, 0.1) is 4.91 Å². The SMILES string of the molecule is CC(=O)O[C@@H]1[C@@H](OC(C)=O)[C@H](OC(C)=O)CO[C@H]1Nc1nc(N)n(C)c(=O)c1N=O. The molecule has 0 aliphatic carbocycles. The molecule has 0 radical (unpaired) electrons. The Morgan fingerprint density at radius 3 is 2.23 bits per heavy atom. The Labute approximate surface area is 169 Å². The third kappa shape index (κ3) is 5.08. The number of nitrogens with two attached hydrogens (primary N) is 1. The molecule has 1 fully saturated rings. The standard InChI is InChI=1S/C16H21N5O9/c1-6(22)28-9-5-27-14(12(30-8(3)24)11(9)29-7(2)23)18-13-10(20-26)15(25)21(4)16(17)19-13/h9,11-12,14,18H,5H2,1-4H3,(H2,17,19)/t9-,11+,12-,14-/m1/s1. The van der Waals surface area contributed by atoms with Crippen LogP contribution in [-0.2, 0) is 40.4 Å². The first-order chi connectivity index (χ1) is 14.0. The van der Waals surface area contributed by atoms with Crippen LogP contribution in [0.15, 0.2) is 9.97 Å². The van der Waals surface area contributed by atoms with Gasteiger partial charge in [0.1, 0.15) is 0 Å². The first kappa shape index (κ1) is 22.7. The summed E-state index contributed by atoms with van der Waals surface area (Å²) >= 11 is 0. The van der Waals surface area contributed by atoms with Crippen LogP contribution in [-0.4, -0.2) is 58.6 Å². The third-order valence-electron chi connectivity index (χ3n) is 4.02. The Morgan fingerprint density at radius 1 is 1.13 bits per heavy atom.